The normalized spacial score (nSPS) is 21.4. The summed E-state index contributed by atoms with van der Waals surface area (Å²) in [7, 11) is -1.83. The largest absolute Gasteiger partial charge is 0.496 e. The maximum Gasteiger partial charge on any atom is 0.183 e. The van der Waals surface area contributed by atoms with Gasteiger partial charge in [-0.15, -0.1) is 24.8 Å². The molecule has 27 heavy (non-hydrogen) atoms. The van der Waals surface area contributed by atoms with Gasteiger partial charge in [-0.2, -0.15) is 0 Å². The van der Waals surface area contributed by atoms with Crippen LogP contribution in [-0.4, -0.2) is 78.8 Å². The Morgan fingerprint density at radius 2 is 1.85 bits per heavy atom. The summed E-state index contributed by atoms with van der Waals surface area (Å²) in [5, 5.41) is 2.13. The molecule has 1 aromatic carbocycles. The minimum Gasteiger partial charge on any atom is -0.496 e. The molecular weight excluding hydrogens is 435 g/mol. The fourth-order valence-corrected chi connectivity index (χ4v) is 7.79. The van der Waals surface area contributed by atoms with Crippen LogP contribution in [0.2, 0.25) is 0 Å². The van der Waals surface area contributed by atoms with Crippen LogP contribution in [-0.2, 0) is 19.7 Å². The summed E-state index contributed by atoms with van der Waals surface area (Å²) in [4.78, 5) is 2.08. The summed E-state index contributed by atoms with van der Waals surface area (Å²) in [6, 6.07) is 4.01. The zero-order valence-electron chi connectivity index (χ0n) is 15.8. The van der Waals surface area contributed by atoms with Crippen LogP contribution in [0.3, 0.4) is 0 Å². The SMILES string of the molecule is COc1ccc(S(=O)(=O)C2CS(=O)(=O)CC2NCCN(C)C)cc1C.Cl.Cl. The molecule has 1 saturated heterocycles. The van der Waals surface area contributed by atoms with Crippen molar-refractivity contribution >= 4 is 44.5 Å². The Hall–Kier alpha value is -0.580. The van der Waals surface area contributed by atoms with Crippen LogP contribution in [0.5, 0.6) is 5.75 Å². The molecule has 0 aromatic heterocycles. The van der Waals surface area contributed by atoms with E-state index in [4.69, 9.17) is 4.74 Å². The second-order valence-corrected chi connectivity index (χ2v) is 11.0. The van der Waals surface area contributed by atoms with Crippen molar-refractivity contribution in [2.75, 3.05) is 45.8 Å². The van der Waals surface area contributed by atoms with Crippen molar-refractivity contribution in [3.05, 3.63) is 23.8 Å². The first kappa shape index (κ1) is 26.4. The fourth-order valence-electron chi connectivity index (χ4n) is 2.99. The molecule has 158 valence electrons. The van der Waals surface area contributed by atoms with Crippen molar-refractivity contribution in [3.8, 4) is 5.75 Å². The highest BCUT2D eigenvalue weighted by atomic mass is 35.5. The molecule has 11 heteroatoms. The summed E-state index contributed by atoms with van der Waals surface area (Å²) >= 11 is 0. The lowest BCUT2D eigenvalue weighted by Gasteiger charge is -2.21. The van der Waals surface area contributed by atoms with Crippen LogP contribution in [0.25, 0.3) is 0 Å². The lowest BCUT2D eigenvalue weighted by Crippen LogP contribution is -2.45. The topological polar surface area (TPSA) is 92.8 Å². The Kier molecular flexibility index (Phi) is 10.0. The summed E-state index contributed by atoms with van der Waals surface area (Å²) in [5.74, 6) is 0.0955. The number of likely N-dealkylation sites (N-methyl/N-ethyl adjacent to an activating group) is 1. The van der Waals surface area contributed by atoms with E-state index in [1.165, 1.54) is 19.2 Å². The van der Waals surface area contributed by atoms with E-state index in [1.807, 2.05) is 19.0 Å². The fraction of sp³-hybridized carbons (Fsp3) is 0.625. The Balaban J connectivity index is 0.00000338. The third kappa shape index (κ3) is 6.47. The minimum absolute atomic E-state index is 0. The second kappa shape index (κ2) is 10.3. The first-order chi connectivity index (χ1) is 11.6. The van der Waals surface area contributed by atoms with E-state index in [0.29, 0.717) is 24.4 Å². The molecular formula is C16H28Cl2N2O5S2. The van der Waals surface area contributed by atoms with Crippen molar-refractivity contribution in [3.63, 3.8) is 0 Å². The number of hydrogen-bond donors (Lipinski definition) is 1. The van der Waals surface area contributed by atoms with Crippen LogP contribution in [0.15, 0.2) is 23.1 Å². The maximum absolute atomic E-state index is 13.0. The molecule has 2 unspecified atom stereocenters. The predicted octanol–water partition coefficient (Wildman–Crippen LogP) is 0.938. The molecule has 1 fully saturated rings. The van der Waals surface area contributed by atoms with E-state index in [0.717, 1.165) is 0 Å². The number of halogens is 2. The van der Waals surface area contributed by atoms with Gasteiger partial charge in [0, 0.05) is 19.1 Å². The molecule has 0 bridgehead atoms. The molecule has 0 aliphatic carbocycles. The monoisotopic (exact) mass is 462 g/mol. The van der Waals surface area contributed by atoms with Gasteiger partial charge in [0.2, 0.25) is 0 Å². The van der Waals surface area contributed by atoms with Gasteiger partial charge in [-0.1, -0.05) is 0 Å². The highest BCUT2D eigenvalue weighted by molar-refractivity contribution is 7.96. The van der Waals surface area contributed by atoms with E-state index in [9.17, 15) is 16.8 Å². The van der Waals surface area contributed by atoms with Crippen LogP contribution < -0.4 is 10.1 Å². The number of benzene rings is 1. The van der Waals surface area contributed by atoms with E-state index >= 15 is 0 Å². The summed E-state index contributed by atoms with van der Waals surface area (Å²) < 4.78 is 55.3. The lowest BCUT2D eigenvalue weighted by atomic mass is 10.2. The quantitative estimate of drug-likeness (QED) is 0.643. The molecule has 1 aliphatic rings. The van der Waals surface area contributed by atoms with Crippen LogP contribution >= 0.6 is 24.8 Å². The van der Waals surface area contributed by atoms with Gasteiger partial charge in [-0.05, 0) is 44.8 Å². The molecule has 1 aromatic rings. The molecule has 0 saturated carbocycles. The Labute approximate surface area is 174 Å². The van der Waals surface area contributed by atoms with E-state index < -0.39 is 31.0 Å². The maximum atomic E-state index is 13.0. The number of aryl methyl sites for hydroxylation is 1. The van der Waals surface area contributed by atoms with Crippen LogP contribution in [0.1, 0.15) is 5.56 Å². The van der Waals surface area contributed by atoms with Crippen molar-refractivity contribution < 1.29 is 21.6 Å². The predicted molar refractivity (Wildman–Crippen MR) is 112 cm³/mol. The number of hydrogen-bond acceptors (Lipinski definition) is 7. The molecule has 7 nitrogen and oxygen atoms in total. The van der Waals surface area contributed by atoms with Crippen LogP contribution in [0, 0.1) is 6.92 Å². The van der Waals surface area contributed by atoms with E-state index in [2.05, 4.69) is 5.32 Å². The molecule has 2 rings (SSSR count). The average molecular weight is 463 g/mol. The highest BCUT2D eigenvalue weighted by Crippen LogP contribution is 2.29. The molecule has 1 heterocycles. The van der Waals surface area contributed by atoms with Crippen molar-refractivity contribution in [1.29, 1.82) is 0 Å². The molecule has 1 N–H and O–H groups in total. The number of nitrogens with one attached hydrogen (secondary N) is 1. The van der Waals surface area contributed by atoms with Crippen molar-refractivity contribution in [1.82, 2.24) is 10.2 Å². The number of methoxy groups -OCH3 is 1. The highest BCUT2D eigenvalue weighted by Gasteiger charge is 2.45. The molecule has 2 atom stereocenters. The molecule has 0 spiro atoms. The molecule has 0 amide bonds. The summed E-state index contributed by atoms with van der Waals surface area (Å²) in [6.07, 6.45) is 0. The number of rotatable bonds is 7. The first-order valence-electron chi connectivity index (χ1n) is 8.04. The lowest BCUT2D eigenvalue weighted by molar-refractivity contribution is 0.388. The smallest absolute Gasteiger partial charge is 0.183 e. The van der Waals surface area contributed by atoms with Gasteiger partial charge in [-0.3, -0.25) is 0 Å². The zero-order chi connectivity index (χ0) is 18.8. The van der Waals surface area contributed by atoms with Gasteiger partial charge in [0.1, 0.15) is 5.75 Å². The Morgan fingerprint density at radius 3 is 2.37 bits per heavy atom. The number of ether oxygens (including phenoxy) is 1. The third-order valence-corrected chi connectivity index (χ3v) is 8.51. The van der Waals surface area contributed by atoms with Crippen molar-refractivity contribution in [2.45, 2.75) is 23.1 Å². The van der Waals surface area contributed by atoms with Gasteiger partial charge < -0.3 is 15.0 Å². The van der Waals surface area contributed by atoms with E-state index in [1.54, 1.807) is 13.0 Å². The zero-order valence-corrected chi connectivity index (χ0v) is 19.1. The van der Waals surface area contributed by atoms with E-state index in [-0.39, 0.29) is 41.2 Å². The third-order valence-electron chi connectivity index (χ3n) is 4.36. The average Bonchev–Trinajstić information content (AvgIpc) is 2.82. The van der Waals surface area contributed by atoms with Crippen LogP contribution in [0.4, 0.5) is 0 Å². The van der Waals surface area contributed by atoms with Gasteiger partial charge in [0.25, 0.3) is 0 Å². The first-order valence-corrected chi connectivity index (χ1v) is 11.4. The Morgan fingerprint density at radius 1 is 1.22 bits per heavy atom. The Bertz CT molecular complexity index is 829. The van der Waals surface area contributed by atoms with Gasteiger partial charge in [0.15, 0.2) is 19.7 Å². The summed E-state index contributed by atoms with van der Waals surface area (Å²) in [6.45, 7) is 2.99. The standard InChI is InChI=1S/C16H26N2O5S2.2ClH/c1-12-9-13(5-6-15(12)23-4)25(21,22)16-11-24(19,20)10-14(16)17-7-8-18(2)3;;/h5-6,9,14,16-17H,7-8,10-11H2,1-4H3;2*1H. The summed E-state index contributed by atoms with van der Waals surface area (Å²) in [5.41, 5.74) is 0.696. The van der Waals surface area contributed by atoms with Gasteiger partial charge in [0.05, 0.1) is 28.8 Å². The van der Waals surface area contributed by atoms with Gasteiger partial charge >= 0.3 is 0 Å². The molecule has 1 aliphatic heterocycles. The second-order valence-electron chi connectivity index (χ2n) is 6.66. The number of nitrogens with zero attached hydrogens (tertiary/aromatic N) is 1. The van der Waals surface area contributed by atoms with Gasteiger partial charge in [-0.25, -0.2) is 16.8 Å². The number of sulfone groups is 2. The molecule has 0 radical (unpaired) electrons. The van der Waals surface area contributed by atoms with Crippen molar-refractivity contribution in [2.24, 2.45) is 0 Å². The minimum atomic E-state index is -3.77.